The van der Waals surface area contributed by atoms with Crippen LogP contribution in [0.2, 0.25) is 0 Å². The molecule has 4 atom stereocenters. The molecule has 36 nitrogen and oxygen atoms in total. The Hall–Kier alpha value is -4.64. The van der Waals surface area contributed by atoms with Gasteiger partial charge in [-0.25, -0.2) is 0 Å². The van der Waals surface area contributed by atoms with E-state index in [1.165, 1.54) is 0 Å². The van der Waals surface area contributed by atoms with Crippen molar-refractivity contribution in [3.8, 4) is 0 Å². The van der Waals surface area contributed by atoms with Gasteiger partial charge < -0.3 is 103 Å². The summed E-state index contributed by atoms with van der Waals surface area (Å²) in [4.78, 5) is 172. The molecular weight excluding hydrogens is 1080 g/mol. The van der Waals surface area contributed by atoms with Crippen LogP contribution in [0.4, 0.5) is 0 Å². The molecule has 0 saturated carbocycles. The molecule has 0 spiro atoms. The van der Waals surface area contributed by atoms with Crippen LogP contribution in [-0.2, 0) is 76.7 Å². The Morgan fingerprint density at radius 2 is 0.382 bits per heavy atom. The molecule has 0 aromatic rings. The van der Waals surface area contributed by atoms with E-state index in [0.29, 0.717) is 19.6 Å². The number of aliphatic carboxylic acids is 12. The molecule has 0 rings (SSSR count). The van der Waals surface area contributed by atoms with Crippen molar-refractivity contribution in [2.75, 3.05) is 52.4 Å². The van der Waals surface area contributed by atoms with Gasteiger partial charge in [-0.05, 0) is 25.7 Å². The van der Waals surface area contributed by atoms with Gasteiger partial charge in [0.1, 0.15) is 0 Å². The van der Waals surface area contributed by atoms with Gasteiger partial charge in [0.25, 0.3) is 0 Å². The molecule has 0 aromatic heterocycles. The normalized spacial score (nSPS) is 11.4. The largest absolute Gasteiger partial charge is 1.00 e. The molecule has 0 aliphatic rings. The smallest absolute Gasteiger partial charge is 0.548 e. The van der Waals surface area contributed by atoms with Gasteiger partial charge in [-0.15, -0.1) is 0 Å². The Morgan fingerprint density at radius 1 is 0.276 bits per heavy atom. The third-order valence-corrected chi connectivity index (χ3v) is 8.21. The van der Waals surface area contributed by atoms with Gasteiger partial charge in [-0.2, -0.15) is 0 Å². The van der Waals surface area contributed by atoms with Crippen LogP contribution < -0.4 is 162 Å². The molecule has 16 N–H and O–H groups in total. The SMILES string of the molecule is NC(=O)CC[C@@H](C(=O)[O-])N(CC(=O)O)CC(=O)O.NC(=O)CC[C@@H](C(=O)[O-])N(CC(=O)O)CC(=O)O.NC(=O)CC[C@@H](C(=O)[O-])N(CC(=O)O)CC(=O)O.NC(=O)CC[C@@H](C(=O)[O-])N(CC(=O)O)CC(=O)O.[Na+].[Na+].[Na+].[Na+]. The maximum Gasteiger partial charge on any atom is 1.00 e. The van der Waals surface area contributed by atoms with Crippen LogP contribution in [0.25, 0.3) is 0 Å². The van der Waals surface area contributed by atoms with Gasteiger partial charge in [0, 0.05) is 25.7 Å². The van der Waals surface area contributed by atoms with Crippen LogP contribution >= 0.6 is 0 Å². The van der Waals surface area contributed by atoms with Gasteiger partial charge in [-0.3, -0.25) is 77.1 Å². The van der Waals surface area contributed by atoms with Crippen molar-refractivity contribution < 1.29 is 256 Å². The predicted molar refractivity (Wildman–Crippen MR) is 216 cm³/mol. The fraction of sp³-hybridized carbons (Fsp3) is 0.556. The molecule has 0 heterocycles. The van der Waals surface area contributed by atoms with E-state index in [4.69, 9.17) is 63.8 Å². The van der Waals surface area contributed by atoms with Crippen molar-refractivity contribution in [1.82, 2.24) is 19.6 Å². The first-order chi connectivity index (χ1) is 32.9. The summed E-state index contributed by atoms with van der Waals surface area (Å²) in [6.45, 7) is -6.30. The number of hydrogen-bond donors (Lipinski definition) is 12. The molecule has 0 unspecified atom stereocenters. The van der Waals surface area contributed by atoms with E-state index < -0.39 is 172 Å². The first-order valence-corrected chi connectivity index (χ1v) is 19.6. The van der Waals surface area contributed by atoms with Crippen molar-refractivity contribution >= 4 is 95.3 Å². The van der Waals surface area contributed by atoms with E-state index in [9.17, 15) is 97.1 Å². The number of primary amides is 4. The minimum atomic E-state index is -1.65. The number of carboxylic acid groups (broad SMARTS) is 12. The Balaban J connectivity index is -0.000000133. The topological polar surface area (TPSA) is 644 Å². The number of nitrogens with zero attached hydrogens (tertiary/aromatic N) is 4. The van der Waals surface area contributed by atoms with Gasteiger partial charge in [0.15, 0.2) is 0 Å². The fourth-order valence-electron chi connectivity index (χ4n) is 5.41. The monoisotopic (exact) mass is 1140 g/mol. The molecule has 0 aliphatic carbocycles. The zero-order valence-electron chi connectivity index (χ0n) is 41.5. The van der Waals surface area contributed by atoms with Gasteiger partial charge in [-0.1, -0.05) is 0 Å². The van der Waals surface area contributed by atoms with E-state index >= 15 is 0 Å². The Bertz CT molecular complexity index is 1650. The minimum Gasteiger partial charge on any atom is -0.548 e. The molecule has 0 fully saturated rings. The standard InChI is InChI=1S/4C9H14N2O7.4Na/c4*10-6(12)2-1-5(9(17)18)11(3-7(13)14)4-8(15)16;;;;/h4*5H,1-4H2,(H2,10,12)(H,13,14)(H,15,16)(H,17,18);;;;/q;;;;4*+1/p-4/t4*5-;;;;/m0000..../s1. The van der Waals surface area contributed by atoms with E-state index in [0.717, 1.165) is 0 Å². The fourth-order valence-corrected chi connectivity index (χ4v) is 5.41. The molecule has 0 aliphatic heterocycles. The van der Waals surface area contributed by atoms with Crippen LogP contribution in [0.15, 0.2) is 0 Å². The number of carboxylic acids is 12. The molecule has 0 radical (unpaired) electrons. The van der Waals surface area contributed by atoms with Gasteiger partial charge >= 0.3 is 166 Å². The van der Waals surface area contributed by atoms with Crippen molar-refractivity contribution in [2.24, 2.45) is 22.9 Å². The summed E-state index contributed by atoms with van der Waals surface area (Å²) in [5.41, 5.74) is 19.4. The van der Waals surface area contributed by atoms with Crippen LogP contribution in [0.1, 0.15) is 51.4 Å². The Morgan fingerprint density at radius 3 is 0.447 bits per heavy atom. The number of amides is 4. The van der Waals surface area contributed by atoms with Crippen LogP contribution in [0.5, 0.6) is 0 Å². The molecule has 0 saturated heterocycles. The second-order valence-corrected chi connectivity index (χ2v) is 14.1. The maximum absolute atomic E-state index is 10.8. The van der Waals surface area contributed by atoms with Gasteiger partial charge in [0.05, 0.1) is 100 Å². The zero-order chi connectivity index (χ0) is 57.2. The van der Waals surface area contributed by atoms with Crippen molar-refractivity contribution in [1.29, 1.82) is 0 Å². The first-order valence-electron chi connectivity index (χ1n) is 19.6. The molecular formula is C36H52N8Na4O28. The molecule has 408 valence electrons. The molecule has 40 heteroatoms. The summed E-state index contributed by atoms with van der Waals surface area (Å²) in [5, 5.41) is 112. The van der Waals surface area contributed by atoms with Crippen LogP contribution in [0.3, 0.4) is 0 Å². The number of rotatable bonds is 36. The zero-order valence-corrected chi connectivity index (χ0v) is 49.5. The number of carbonyl (C=O) groups is 16. The summed E-state index contributed by atoms with van der Waals surface area (Å²) in [6, 6.07) is -5.98. The van der Waals surface area contributed by atoms with Crippen molar-refractivity contribution in [3.05, 3.63) is 0 Å². The molecule has 0 aromatic carbocycles. The second kappa shape index (κ2) is 48.7. The van der Waals surface area contributed by atoms with E-state index in [2.05, 4.69) is 0 Å². The minimum absolute atomic E-state index is 0. The van der Waals surface area contributed by atoms with E-state index in [1.54, 1.807) is 0 Å². The molecule has 76 heavy (non-hydrogen) atoms. The average Bonchev–Trinajstić information content (AvgIpc) is 3.16. The van der Waals surface area contributed by atoms with Crippen LogP contribution in [0, 0.1) is 0 Å². The second-order valence-electron chi connectivity index (χ2n) is 14.1. The number of nitrogens with two attached hydrogens (primary N) is 4. The summed E-state index contributed by atoms with van der Waals surface area (Å²) in [5.74, 6) is -20.8. The summed E-state index contributed by atoms with van der Waals surface area (Å²) >= 11 is 0. The summed E-state index contributed by atoms with van der Waals surface area (Å²) in [7, 11) is 0. The van der Waals surface area contributed by atoms with E-state index in [-0.39, 0.29) is 170 Å². The van der Waals surface area contributed by atoms with Crippen LogP contribution in [-0.4, -0.2) is 232 Å². The van der Waals surface area contributed by atoms with Gasteiger partial charge in [0.2, 0.25) is 23.6 Å². The third-order valence-electron chi connectivity index (χ3n) is 8.21. The van der Waals surface area contributed by atoms with E-state index in [1.807, 2.05) is 0 Å². The first kappa shape index (κ1) is 88.0. The Kier molecular flexibility index (Phi) is 56.4. The molecule has 4 amide bonds. The number of carbonyl (C=O) groups excluding carboxylic acids is 8. The summed E-state index contributed by atoms with van der Waals surface area (Å²) < 4.78 is 0. The predicted octanol–water partition coefficient (Wildman–Crippen LogP) is -24.6. The Labute approximate surface area is 517 Å². The van der Waals surface area contributed by atoms with Crippen molar-refractivity contribution in [2.45, 2.75) is 75.5 Å². The molecule has 0 bridgehead atoms. The number of hydrogen-bond acceptors (Lipinski definition) is 24. The summed E-state index contributed by atoms with van der Waals surface area (Å²) in [6.07, 6.45) is -2.47. The third kappa shape index (κ3) is 51.5. The van der Waals surface area contributed by atoms with Crippen molar-refractivity contribution in [3.63, 3.8) is 0 Å². The maximum atomic E-state index is 10.8. The average molecular weight is 1140 g/mol. The quantitative estimate of drug-likeness (QED) is 0.0259.